The second-order valence-corrected chi connectivity index (χ2v) is 7.19. The highest BCUT2D eigenvalue weighted by molar-refractivity contribution is 5.84. The number of methoxy groups -OCH3 is 1. The van der Waals surface area contributed by atoms with Crippen molar-refractivity contribution in [3.63, 3.8) is 0 Å². The Kier molecular flexibility index (Phi) is 6.13. The first-order valence-corrected chi connectivity index (χ1v) is 10.0. The molecule has 4 nitrogen and oxygen atoms in total. The highest BCUT2D eigenvalue weighted by atomic mass is 16.5. The smallest absolute Gasteiger partial charge is 0.119 e. The molecule has 3 N–H and O–H groups in total. The zero-order valence-corrected chi connectivity index (χ0v) is 16.7. The van der Waals surface area contributed by atoms with Gasteiger partial charge in [0, 0.05) is 35.9 Å². The Morgan fingerprint density at radius 2 is 1.72 bits per heavy atom. The molecule has 0 bridgehead atoms. The summed E-state index contributed by atoms with van der Waals surface area (Å²) in [6.07, 6.45) is 3.07. The first kappa shape index (κ1) is 19.1. The second-order valence-electron chi connectivity index (χ2n) is 7.19. The Balaban J connectivity index is 1.28. The van der Waals surface area contributed by atoms with Crippen molar-refractivity contribution in [3.8, 4) is 5.75 Å². The van der Waals surface area contributed by atoms with Gasteiger partial charge in [-0.3, -0.25) is 0 Å². The van der Waals surface area contributed by atoms with E-state index in [9.17, 15) is 0 Å². The van der Waals surface area contributed by atoms with Crippen LogP contribution >= 0.6 is 0 Å². The van der Waals surface area contributed by atoms with E-state index in [-0.39, 0.29) is 0 Å². The summed E-state index contributed by atoms with van der Waals surface area (Å²) < 4.78 is 5.35. The molecular formula is C25H27N3O. The summed E-state index contributed by atoms with van der Waals surface area (Å²) in [7, 11) is 1.71. The topological polar surface area (TPSA) is 49.1 Å². The molecule has 0 atom stereocenters. The number of aromatic amines is 1. The molecule has 4 heteroatoms. The zero-order chi connectivity index (χ0) is 19.9. The van der Waals surface area contributed by atoms with Gasteiger partial charge in [-0.05, 0) is 60.0 Å². The fourth-order valence-electron chi connectivity index (χ4n) is 3.54. The maximum absolute atomic E-state index is 5.35. The maximum Gasteiger partial charge on any atom is 0.119 e. The molecule has 4 aromatic rings. The molecule has 0 radical (unpaired) electrons. The predicted octanol–water partition coefficient (Wildman–Crippen LogP) is 5.12. The lowest BCUT2D eigenvalue weighted by atomic mass is 10.1. The summed E-state index contributed by atoms with van der Waals surface area (Å²) in [5.74, 6) is 0.895. The number of nitrogens with one attached hydrogen (secondary N) is 3. The molecule has 0 aliphatic heterocycles. The number of ether oxygens (including phenoxy) is 1. The van der Waals surface area contributed by atoms with Gasteiger partial charge in [0.05, 0.1) is 7.11 Å². The van der Waals surface area contributed by atoms with Gasteiger partial charge in [0.1, 0.15) is 5.75 Å². The fourth-order valence-corrected chi connectivity index (χ4v) is 3.54. The third kappa shape index (κ3) is 4.98. The standard InChI is InChI=1S/C25H27N3O/c1-29-23-10-11-25-24(15-23)21(18-28-25)12-13-26-16-20-8-5-9-22(14-20)27-17-19-6-3-2-4-7-19/h2-11,14-15,18,26-28H,12-13,16-17H2,1H3. The van der Waals surface area contributed by atoms with Crippen molar-refractivity contribution >= 4 is 16.6 Å². The summed E-state index contributed by atoms with van der Waals surface area (Å²) in [5, 5.41) is 8.30. The first-order valence-electron chi connectivity index (χ1n) is 10.0. The van der Waals surface area contributed by atoms with E-state index in [1.165, 1.54) is 22.1 Å². The molecule has 0 saturated carbocycles. The van der Waals surface area contributed by atoms with Gasteiger partial charge >= 0.3 is 0 Å². The lowest BCUT2D eigenvalue weighted by molar-refractivity contribution is 0.415. The Morgan fingerprint density at radius 1 is 0.862 bits per heavy atom. The van der Waals surface area contributed by atoms with Crippen LogP contribution in [-0.2, 0) is 19.5 Å². The lowest BCUT2D eigenvalue weighted by Crippen LogP contribution is -2.16. The average Bonchev–Trinajstić information content (AvgIpc) is 3.18. The van der Waals surface area contributed by atoms with Crippen LogP contribution < -0.4 is 15.4 Å². The number of fused-ring (bicyclic) bond motifs is 1. The van der Waals surface area contributed by atoms with E-state index in [2.05, 4.69) is 82.5 Å². The Bertz CT molecular complexity index is 1060. The molecule has 3 aromatic carbocycles. The molecule has 148 valence electrons. The summed E-state index contributed by atoms with van der Waals surface area (Å²) in [6, 6.07) is 25.2. The third-order valence-corrected chi connectivity index (χ3v) is 5.14. The van der Waals surface area contributed by atoms with E-state index in [0.717, 1.165) is 43.0 Å². The molecule has 0 amide bonds. The van der Waals surface area contributed by atoms with Crippen LogP contribution in [0.15, 0.2) is 79.0 Å². The van der Waals surface area contributed by atoms with Crippen LogP contribution in [0, 0.1) is 0 Å². The number of hydrogen-bond acceptors (Lipinski definition) is 3. The Morgan fingerprint density at radius 3 is 2.59 bits per heavy atom. The lowest BCUT2D eigenvalue weighted by Gasteiger charge is -2.10. The van der Waals surface area contributed by atoms with Crippen molar-refractivity contribution in [2.45, 2.75) is 19.5 Å². The average molecular weight is 386 g/mol. The van der Waals surface area contributed by atoms with Crippen LogP contribution in [0.3, 0.4) is 0 Å². The largest absolute Gasteiger partial charge is 0.497 e. The van der Waals surface area contributed by atoms with E-state index in [1.54, 1.807) is 7.11 Å². The van der Waals surface area contributed by atoms with Gasteiger partial charge < -0.3 is 20.4 Å². The third-order valence-electron chi connectivity index (χ3n) is 5.14. The van der Waals surface area contributed by atoms with Crippen molar-refractivity contribution in [2.75, 3.05) is 19.0 Å². The van der Waals surface area contributed by atoms with Crippen LogP contribution in [0.2, 0.25) is 0 Å². The normalized spacial score (nSPS) is 10.9. The van der Waals surface area contributed by atoms with E-state index < -0.39 is 0 Å². The van der Waals surface area contributed by atoms with Gasteiger partial charge in [-0.1, -0.05) is 42.5 Å². The minimum absolute atomic E-state index is 0.835. The number of H-pyrrole nitrogens is 1. The molecule has 1 aromatic heterocycles. The molecule has 0 aliphatic rings. The van der Waals surface area contributed by atoms with E-state index in [0.29, 0.717) is 0 Å². The molecule has 0 unspecified atom stereocenters. The maximum atomic E-state index is 5.35. The van der Waals surface area contributed by atoms with Crippen molar-refractivity contribution in [1.29, 1.82) is 0 Å². The van der Waals surface area contributed by atoms with Gasteiger partial charge in [0.2, 0.25) is 0 Å². The minimum Gasteiger partial charge on any atom is -0.497 e. The summed E-state index contributed by atoms with van der Waals surface area (Å²) >= 11 is 0. The molecule has 0 fully saturated rings. The zero-order valence-electron chi connectivity index (χ0n) is 16.7. The van der Waals surface area contributed by atoms with E-state index in [1.807, 2.05) is 12.1 Å². The molecule has 0 saturated heterocycles. The predicted molar refractivity (Wildman–Crippen MR) is 120 cm³/mol. The van der Waals surface area contributed by atoms with Crippen molar-refractivity contribution in [1.82, 2.24) is 10.3 Å². The van der Waals surface area contributed by atoms with Crippen molar-refractivity contribution in [3.05, 3.63) is 95.7 Å². The fraction of sp³-hybridized carbons (Fsp3) is 0.200. The molecule has 4 rings (SSSR count). The Labute approximate surface area is 171 Å². The monoisotopic (exact) mass is 385 g/mol. The summed E-state index contributed by atoms with van der Waals surface area (Å²) in [5.41, 5.74) is 6.18. The number of hydrogen-bond donors (Lipinski definition) is 3. The van der Waals surface area contributed by atoms with Crippen molar-refractivity contribution in [2.24, 2.45) is 0 Å². The molecule has 0 aliphatic carbocycles. The first-order chi connectivity index (χ1) is 14.3. The number of anilines is 1. The summed E-state index contributed by atoms with van der Waals surface area (Å²) in [4.78, 5) is 3.34. The minimum atomic E-state index is 0.835. The molecule has 1 heterocycles. The molecule has 0 spiro atoms. The SMILES string of the molecule is COc1ccc2[nH]cc(CCNCc3cccc(NCc4ccccc4)c3)c2c1. The van der Waals surface area contributed by atoms with E-state index in [4.69, 9.17) is 4.74 Å². The quantitative estimate of drug-likeness (QED) is 0.351. The highest BCUT2D eigenvalue weighted by Gasteiger charge is 2.05. The van der Waals surface area contributed by atoms with Gasteiger partial charge in [-0.25, -0.2) is 0 Å². The van der Waals surface area contributed by atoms with Gasteiger partial charge in [-0.2, -0.15) is 0 Å². The molecular weight excluding hydrogens is 358 g/mol. The Hall–Kier alpha value is -3.24. The second kappa shape index (κ2) is 9.30. The van der Waals surface area contributed by atoms with Crippen LogP contribution in [0.1, 0.15) is 16.7 Å². The van der Waals surface area contributed by atoms with E-state index >= 15 is 0 Å². The van der Waals surface area contributed by atoms with Crippen LogP contribution in [0.5, 0.6) is 5.75 Å². The van der Waals surface area contributed by atoms with Crippen molar-refractivity contribution < 1.29 is 4.74 Å². The number of aromatic nitrogens is 1. The summed E-state index contributed by atoms with van der Waals surface area (Å²) in [6.45, 7) is 2.61. The number of rotatable bonds is 9. The van der Waals surface area contributed by atoms with Crippen LogP contribution in [0.4, 0.5) is 5.69 Å². The van der Waals surface area contributed by atoms with Crippen LogP contribution in [-0.4, -0.2) is 18.6 Å². The number of benzene rings is 3. The van der Waals surface area contributed by atoms with Gasteiger partial charge in [0.25, 0.3) is 0 Å². The van der Waals surface area contributed by atoms with Gasteiger partial charge in [0.15, 0.2) is 0 Å². The molecule has 29 heavy (non-hydrogen) atoms. The highest BCUT2D eigenvalue weighted by Crippen LogP contribution is 2.23. The van der Waals surface area contributed by atoms with Gasteiger partial charge in [-0.15, -0.1) is 0 Å². The van der Waals surface area contributed by atoms with Crippen LogP contribution in [0.25, 0.3) is 10.9 Å².